The molecule has 36 heavy (non-hydrogen) atoms. The Kier molecular flexibility index (Phi) is 6.81. The third kappa shape index (κ3) is 4.51. The zero-order valence-electron chi connectivity index (χ0n) is 20.1. The number of thiocarbonyl (C=S) groups is 1. The molecule has 186 valence electrons. The fraction of sp³-hybridized carbons (Fsp3) is 0.308. The van der Waals surface area contributed by atoms with E-state index in [0.717, 1.165) is 12.0 Å². The van der Waals surface area contributed by atoms with Crippen molar-refractivity contribution in [3.05, 3.63) is 74.8 Å². The summed E-state index contributed by atoms with van der Waals surface area (Å²) >= 11 is 6.63. The maximum Gasteiger partial charge on any atom is 0.267 e. The van der Waals surface area contributed by atoms with Crippen LogP contribution in [0.2, 0.25) is 0 Å². The Morgan fingerprint density at radius 3 is 2.53 bits per heavy atom. The van der Waals surface area contributed by atoms with Crippen molar-refractivity contribution in [2.45, 2.75) is 20.3 Å². The molecule has 0 atom stereocenters. The van der Waals surface area contributed by atoms with Crippen molar-refractivity contribution < 1.29 is 9.18 Å². The van der Waals surface area contributed by atoms with Gasteiger partial charge < -0.3 is 9.80 Å². The number of aryl methyl sites for hydroxylation is 1. The first-order valence-electron chi connectivity index (χ1n) is 11.9. The van der Waals surface area contributed by atoms with Gasteiger partial charge in [-0.1, -0.05) is 49.1 Å². The molecule has 2 saturated heterocycles. The lowest BCUT2D eigenvalue weighted by Gasteiger charge is -2.37. The molecule has 0 aliphatic carbocycles. The number of pyridine rings is 1. The number of halogens is 1. The molecule has 0 unspecified atom stereocenters. The number of anilines is 2. The lowest BCUT2D eigenvalue weighted by Crippen LogP contribution is -2.47. The second kappa shape index (κ2) is 10.0. The standard InChI is InChI=1S/C26H26FN5O2S2/c1-3-10-31-25(34)21(36-26(31)35)15-18-23(28-22-9-8-17(2)16-32(22)24(18)33)30-13-11-29(12-14-30)20-7-5-4-6-19(20)27/h4-9,15-16H,3,10-14H2,1-2H3/b21-15+. The van der Waals surface area contributed by atoms with Crippen LogP contribution in [0.15, 0.2) is 52.3 Å². The van der Waals surface area contributed by atoms with Crippen molar-refractivity contribution in [2.75, 3.05) is 42.5 Å². The van der Waals surface area contributed by atoms with Crippen molar-refractivity contribution in [3.63, 3.8) is 0 Å². The van der Waals surface area contributed by atoms with Crippen LogP contribution in [-0.4, -0.2) is 57.2 Å². The summed E-state index contributed by atoms with van der Waals surface area (Å²) in [6.07, 6.45) is 4.18. The molecule has 0 bridgehead atoms. The SMILES string of the molecule is CCCN1C(=O)/C(=C\c2c(N3CCN(c4ccccc4F)CC3)nc3ccc(C)cn3c2=O)SC1=S. The Bertz CT molecular complexity index is 1450. The topological polar surface area (TPSA) is 61.2 Å². The van der Waals surface area contributed by atoms with E-state index in [1.54, 1.807) is 29.3 Å². The molecular weight excluding hydrogens is 497 g/mol. The minimum Gasteiger partial charge on any atom is -0.366 e. The van der Waals surface area contributed by atoms with Gasteiger partial charge in [-0.2, -0.15) is 0 Å². The fourth-order valence-corrected chi connectivity index (χ4v) is 5.82. The van der Waals surface area contributed by atoms with Gasteiger partial charge in [0.15, 0.2) is 0 Å². The predicted molar refractivity (Wildman–Crippen MR) is 147 cm³/mol. The molecule has 0 saturated carbocycles. The lowest BCUT2D eigenvalue weighted by molar-refractivity contribution is -0.122. The van der Waals surface area contributed by atoms with Crippen LogP contribution >= 0.6 is 24.0 Å². The Morgan fingerprint density at radius 2 is 1.81 bits per heavy atom. The highest BCUT2D eigenvalue weighted by molar-refractivity contribution is 8.26. The highest BCUT2D eigenvalue weighted by Gasteiger charge is 2.32. The number of carbonyl (C=O) groups excluding carboxylic acids is 1. The number of hydrogen-bond acceptors (Lipinski definition) is 7. The summed E-state index contributed by atoms with van der Waals surface area (Å²) in [4.78, 5) is 37.6. The number of hydrogen-bond donors (Lipinski definition) is 0. The minimum absolute atomic E-state index is 0.184. The van der Waals surface area contributed by atoms with Gasteiger partial charge in [0, 0.05) is 38.9 Å². The van der Waals surface area contributed by atoms with Gasteiger partial charge in [-0.3, -0.25) is 18.9 Å². The third-order valence-corrected chi connectivity index (χ3v) is 7.73. The molecule has 0 radical (unpaired) electrons. The first-order chi connectivity index (χ1) is 17.4. The van der Waals surface area contributed by atoms with E-state index in [1.165, 1.54) is 22.2 Å². The highest BCUT2D eigenvalue weighted by atomic mass is 32.2. The Hall–Kier alpha value is -3.24. The van der Waals surface area contributed by atoms with Crippen LogP contribution in [0, 0.1) is 12.7 Å². The number of para-hydroxylation sites is 1. The number of carbonyl (C=O) groups is 1. The summed E-state index contributed by atoms with van der Waals surface area (Å²) in [6, 6.07) is 10.5. The van der Waals surface area contributed by atoms with E-state index in [-0.39, 0.29) is 17.3 Å². The maximum absolute atomic E-state index is 14.3. The molecule has 2 aliphatic heterocycles. The van der Waals surface area contributed by atoms with Crippen molar-refractivity contribution in [1.29, 1.82) is 0 Å². The van der Waals surface area contributed by atoms with Gasteiger partial charge in [0.25, 0.3) is 11.5 Å². The van der Waals surface area contributed by atoms with Crippen molar-refractivity contribution in [1.82, 2.24) is 14.3 Å². The number of amides is 1. The highest BCUT2D eigenvalue weighted by Crippen LogP contribution is 2.34. The summed E-state index contributed by atoms with van der Waals surface area (Å²) in [7, 11) is 0. The molecule has 4 heterocycles. The summed E-state index contributed by atoms with van der Waals surface area (Å²) in [6.45, 7) is 6.71. The number of piperazine rings is 1. The van der Waals surface area contributed by atoms with Crippen LogP contribution in [0.25, 0.3) is 11.7 Å². The molecule has 2 aliphatic rings. The van der Waals surface area contributed by atoms with E-state index in [4.69, 9.17) is 17.2 Å². The number of nitrogens with zero attached hydrogens (tertiary/aromatic N) is 5. The average Bonchev–Trinajstić information content (AvgIpc) is 3.14. The van der Waals surface area contributed by atoms with Crippen LogP contribution in [0.1, 0.15) is 24.5 Å². The average molecular weight is 524 g/mol. The summed E-state index contributed by atoms with van der Waals surface area (Å²) in [5.41, 5.74) is 2.15. The zero-order chi connectivity index (χ0) is 25.4. The molecule has 3 aromatic rings. The predicted octanol–water partition coefficient (Wildman–Crippen LogP) is 4.08. The van der Waals surface area contributed by atoms with Gasteiger partial charge in [0.05, 0.1) is 16.2 Å². The molecule has 0 N–H and O–H groups in total. The molecular formula is C26H26FN5O2S2. The molecule has 7 nitrogen and oxygen atoms in total. The van der Waals surface area contributed by atoms with E-state index in [9.17, 15) is 14.0 Å². The van der Waals surface area contributed by atoms with Gasteiger partial charge in [-0.25, -0.2) is 9.37 Å². The van der Waals surface area contributed by atoms with Crippen molar-refractivity contribution in [2.24, 2.45) is 0 Å². The van der Waals surface area contributed by atoms with Gasteiger partial charge in [0.2, 0.25) is 0 Å². The number of aromatic nitrogens is 2. The van der Waals surface area contributed by atoms with Gasteiger partial charge in [-0.15, -0.1) is 0 Å². The minimum atomic E-state index is -0.252. The zero-order valence-corrected chi connectivity index (χ0v) is 21.7. The van der Waals surface area contributed by atoms with E-state index in [2.05, 4.69) is 0 Å². The number of fused-ring (bicyclic) bond motifs is 1. The van der Waals surface area contributed by atoms with E-state index in [0.29, 0.717) is 64.7 Å². The van der Waals surface area contributed by atoms with Crippen molar-refractivity contribution >= 4 is 57.4 Å². The second-order valence-electron chi connectivity index (χ2n) is 8.85. The molecule has 5 rings (SSSR count). The van der Waals surface area contributed by atoms with Crippen LogP contribution in [-0.2, 0) is 4.79 Å². The van der Waals surface area contributed by atoms with Crippen LogP contribution in [0.3, 0.4) is 0 Å². The Morgan fingerprint density at radius 1 is 1.08 bits per heavy atom. The molecule has 0 spiro atoms. The van der Waals surface area contributed by atoms with E-state index in [1.807, 2.05) is 41.8 Å². The van der Waals surface area contributed by atoms with Gasteiger partial charge in [-0.05, 0) is 43.2 Å². The first kappa shape index (κ1) is 24.5. The Labute approximate surface area is 218 Å². The number of benzene rings is 1. The summed E-state index contributed by atoms with van der Waals surface area (Å²) in [5.74, 6) is 0.0897. The normalized spacial score (nSPS) is 17.6. The molecule has 1 aromatic carbocycles. The summed E-state index contributed by atoms with van der Waals surface area (Å²) < 4.78 is 16.4. The van der Waals surface area contributed by atoms with Gasteiger partial charge >= 0.3 is 0 Å². The van der Waals surface area contributed by atoms with E-state index < -0.39 is 0 Å². The number of thioether (sulfide) groups is 1. The first-order valence-corrected chi connectivity index (χ1v) is 13.1. The molecule has 10 heteroatoms. The third-order valence-electron chi connectivity index (χ3n) is 6.35. The van der Waals surface area contributed by atoms with Crippen molar-refractivity contribution in [3.8, 4) is 0 Å². The number of rotatable bonds is 5. The second-order valence-corrected chi connectivity index (χ2v) is 10.5. The summed E-state index contributed by atoms with van der Waals surface area (Å²) in [5, 5.41) is 0. The molecule has 2 fully saturated rings. The lowest BCUT2D eigenvalue weighted by atomic mass is 10.2. The van der Waals surface area contributed by atoms with E-state index >= 15 is 0 Å². The smallest absolute Gasteiger partial charge is 0.267 e. The maximum atomic E-state index is 14.3. The quantitative estimate of drug-likeness (QED) is 0.369. The van der Waals surface area contributed by atoms with Crippen LogP contribution in [0.4, 0.5) is 15.9 Å². The van der Waals surface area contributed by atoms with Crippen LogP contribution in [0.5, 0.6) is 0 Å². The van der Waals surface area contributed by atoms with Crippen LogP contribution < -0.4 is 15.4 Å². The van der Waals surface area contributed by atoms with Gasteiger partial charge in [0.1, 0.15) is 21.6 Å². The Balaban J connectivity index is 1.54. The molecule has 2 aromatic heterocycles. The monoisotopic (exact) mass is 523 g/mol. The fourth-order valence-electron chi connectivity index (χ4n) is 4.53. The molecule has 1 amide bonds. The largest absolute Gasteiger partial charge is 0.366 e.